The van der Waals surface area contributed by atoms with Gasteiger partial charge in [-0.3, -0.25) is 0 Å². The van der Waals surface area contributed by atoms with Crippen LogP contribution in [0.4, 0.5) is 5.82 Å². The number of thiophene rings is 1. The lowest BCUT2D eigenvalue weighted by molar-refractivity contribution is -0.137. The minimum absolute atomic E-state index is 0.118. The van der Waals surface area contributed by atoms with Gasteiger partial charge in [-0.2, -0.15) is 0 Å². The molecule has 0 aliphatic heterocycles. The van der Waals surface area contributed by atoms with Crippen LogP contribution in [0.15, 0.2) is 6.07 Å². The lowest BCUT2D eigenvalue weighted by Crippen LogP contribution is -2.28. The van der Waals surface area contributed by atoms with Gasteiger partial charge in [0, 0.05) is 4.88 Å². The van der Waals surface area contributed by atoms with Crippen molar-refractivity contribution < 1.29 is 9.90 Å². The van der Waals surface area contributed by atoms with E-state index in [4.69, 9.17) is 16.7 Å². The van der Waals surface area contributed by atoms with Gasteiger partial charge in [0.15, 0.2) is 0 Å². The molecule has 1 unspecified atom stereocenters. The molecule has 2 aromatic heterocycles. The number of nitrogens with one attached hydrogen (secondary N) is 1. The van der Waals surface area contributed by atoms with E-state index in [2.05, 4.69) is 15.3 Å². The molecule has 2 rings (SSSR count). The predicted octanol–water partition coefficient (Wildman–Crippen LogP) is 2.93. The molecule has 0 amide bonds. The van der Waals surface area contributed by atoms with Crippen LogP contribution in [0.2, 0.25) is 5.28 Å². The highest BCUT2D eigenvalue weighted by Crippen LogP contribution is 2.29. The SMILES string of the molecule is CCC(Nc1nc(Cl)nc2sc(C)cc12)C(=O)O. The van der Waals surface area contributed by atoms with Gasteiger partial charge < -0.3 is 10.4 Å². The molecule has 0 aliphatic rings. The summed E-state index contributed by atoms with van der Waals surface area (Å²) in [4.78, 5) is 21.1. The standard InChI is InChI=1S/C11H12ClN3O2S/c1-3-7(10(16)17)13-8-6-4-5(2)18-9(6)15-11(12)14-8/h4,7H,3H2,1-2H3,(H,16,17)(H,13,14,15). The number of anilines is 1. The Morgan fingerprint density at radius 2 is 2.33 bits per heavy atom. The fraction of sp³-hybridized carbons (Fsp3) is 0.364. The van der Waals surface area contributed by atoms with Crippen molar-refractivity contribution in [3.8, 4) is 0 Å². The average molecular weight is 286 g/mol. The first-order chi connectivity index (χ1) is 8.51. The fourth-order valence-electron chi connectivity index (χ4n) is 1.63. The van der Waals surface area contributed by atoms with Crippen LogP contribution in [0, 0.1) is 6.92 Å². The molecule has 0 saturated heterocycles. The van der Waals surface area contributed by atoms with Crippen molar-refractivity contribution in [2.75, 3.05) is 5.32 Å². The number of aryl methyl sites for hydroxylation is 1. The van der Waals surface area contributed by atoms with E-state index < -0.39 is 12.0 Å². The molecule has 0 aliphatic carbocycles. The number of halogens is 1. The second kappa shape index (κ2) is 5.07. The maximum absolute atomic E-state index is 11.0. The van der Waals surface area contributed by atoms with Gasteiger partial charge in [-0.05, 0) is 31.0 Å². The molecule has 0 aromatic carbocycles. The van der Waals surface area contributed by atoms with E-state index in [1.165, 1.54) is 11.3 Å². The summed E-state index contributed by atoms with van der Waals surface area (Å²) in [6, 6.07) is 1.24. The zero-order valence-corrected chi connectivity index (χ0v) is 11.5. The summed E-state index contributed by atoms with van der Waals surface area (Å²) < 4.78 is 0. The molecule has 0 spiro atoms. The molecule has 2 N–H and O–H groups in total. The molecule has 0 saturated carbocycles. The van der Waals surface area contributed by atoms with Gasteiger partial charge in [-0.15, -0.1) is 11.3 Å². The van der Waals surface area contributed by atoms with Crippen LogP contribution >= 0.6 is 22.9 Å². The van der Waals surface area contributed by atoms with Crippen molar-refractivity contribution in [2.45, 2.75) is 26.3 Å². The number of hydrogen-bond donors (Lipinski definition) is 2. The maximum atomic E-state index is 11.0. The van der Waals surface area contributed by atoms with E-state index in [0.29, 0.717) is 12.2 Å². The molecule has 0 radical (unpaired) electrons. The van der Waals surface area contributed by atoms with Gasteiger partial charge in [0.25, 0.3) is 0 Å². The summed E-state index contributed by atoms with van der Waals surface area (Å²) in [7, 11) is 0. The number of hydrogen-bond acceptors (Lipinski definition) is 5. The van der Waals surface area contributed by atoms with Crippen molar-refractivity contribution in [3.05, 3.63) is 16.2 Å². The summed E-state index contributed by atoms with van der Waals surface area (Å²) in [5, 5.41) is 12.9. The number of carbonyl (C=O) groups is 1. The second-order valence-electron chi connectivity index (χ2n) is 3.86. The van der Waals surface area contributed by atoms with Crippen molar-refractivity contribution in [1.29, 1.82) is 0 Å². The fourth-order valence-corrected chi connectivity index (χ4v) is 2.73. The Bertz CT molecular complexity index is 599. The maximum Gasteiger partial charge on any atom is 0.326 e. The first-order valence-electron chi connectivity index (χ1n) is 5.44. The summed E-state index contributed by atoms with van der Waals surface area (Å²) in [5.74, 6) is -0.434. The van der Waals surface area contributed by atoms with Crippen LogP contribution in [0.25, 0.3) is 10.2 Å². The third kappa shape index (κ3) is 2.54. The van der Waals surface area contributed by atoms with Crippen LogP contribution in [0.5, 0.6) is 0 Å². The number of aromatic nitrogens is 2. The lowest BCUT2D eigenvalue weighted by Gasteiger charge is -2.13. The van der Waals surface area contributed by atoms with E-state index in [1.54, 1.807) is 6.92 Å². The largest absolute Gasteiger partial charge is 0.480 e. The molecule has 2 aromatic rings. The third-order valence-corrected chi connectivity index (χ3v) is 3.62. The zero-order valence-electron chi connectivity index (χ0n) is 9.90. The number of aliphatic carboxylic acids is 1. The number of fused-ring (bicyclic) bond motifs is 1. The van der Waals surface area contributed by atoms with Crippen LogP contribution < -0.4 is 5.32 Å². The third-order valence-electron chi connectivity index (χ3n) is 2.51. The summed E-state index contributed by atoms with van der Waals surface area (Å²) in [5.41, 5.74) is 0. The van der Waals surface area contributed by atoms with Gasteiger partial charge in [-0.1, -0.05) is 6.92 Å². The van der Waals surface area contributed by atoms with Crippen molar-refractivity contribution in [3.63, 3.8) is 0 Å². The van der Waals surface area contributed by atoms with E-state index in [0.717, 1.165) is 15.1 Å². The van der Waals surface area contributed by atoms with Gasteiger partial charge in [0.05, 0.1) is 5.39 Å². The zero-order chi connectivity index (χ0) is 13.3. The summed E-state index contributed by atoms with van der Waals surface area (Å²) in [6.07, 6.45) is 0.460. The van der Waals surface area contributed by atoms with Gasteiger partial charge in [0.1, 0.15) is 16.7 Å². The summed E-state index contributed by atoms with van der Waals surface area (Å²) >= 11 is 7.34. The molecule has 7 heteroatoms. The molecular formula is C11H12ClN3O2S. The van der Waals surface area contributed by atoms with Crippen LogP contribution in [-0.2, 0) is 4.79 Å². The highest BCUT2D eigenvalue weighted by Gasteiger charge is 2.18. The molecule has 96 valence electrons. The van der Waals surface area contributed by atoms with Crippen LogP contribution in [-0.4, -0.2) is 27.1 Å². The predicted molar refractivity (Wildman–Crippen MR) is 72.5 cm³/mol. The van der Waals surface area contributed by atoms with E-state index in [1.807, 2.05) is 13.0 Å². The van der Waals surface area contributed by atoms with E-state index >= 15 is 0 Å². The molecule has 2 heterocycles. The van der Waals surface area contributed by atoms with Crippen molar-refractivity contribution >= 4 is 44.9 Å². The highest BCUT2D eigenvalue weighted by atomic mass is 35.5. The van der Waals surface area contributed by atoms with Crippen LogP contribution in [0.3, 0.4) is 0 Å². The normalized spacial score (nSPS) is 12.6. The van der Waals surface area contributed by atoms with Crippen molar-refractivity contribution in [1.82, 2.24) is 9.97 Å². The number of carboxylic acid groups (broad SMARTS) is 1. The topological polar surface area (TPSA) is 75.1 Å². The van der Waals surface area contributed by atoms with Crippen molar-refractivity contribution in [2.24, 2.45) is 0 Å². The summed E-state index contributed by atoms with van der Waals surface area (Å²) in [6.45, 7) is 3.75. The molecule has 1 atom stereocenters. The molecule has 5 nitrogen and oxygen atoms in total. The van der Waals surface area contributed by atoms with Gasteiger partial charge in [0.2, 0.25) is 5.28 Å². The molecular weight excluding hydrogens is 274 g/mol. The number of rotatable bonds is 4. The van der Waals surface area contributed by atoms with E-state index in [-0.39, 0.29) is 5.28 Å². The molecule has 0 bridgehead atoms. The minimum atomic E-state index is -0.910. The lowest BCUT2D eigenvalue weighted by atomic mass is 10.2. The molecule has 0 fully saturated rings. The Labute approximate surface area is 113 Å². The number of nitrogens with zero attached hydrogens (tertiary/aromatic N) is 2. The number of carboxylic acids is 1. The van der Waals surface area contributed by atoms with Crippen LogP contribution in [0.1, 0.15) is 18.2 Å². The Kier molecular flexibility index (Phi) is 3.68. The van der Waals surface area contributed by atoms with Gasteiger partial charge >= 0.3 is 5.97 Å². The first-order valence-corrected chi connectivity index (χ1v) is 6.63. The Morgan fingerprint density at radius 3 is 2.94 bits per heavy atom. The Balaban J connectivity index is 2.46. The smallest absolute Gasteiger partial charge is 0.326 e. The minimum Gasteiger partial charge on any atom is -0.480 e. The monoisotopic (exact) mass is 285 g/mol. The Hall–Kier alpha value is -1.40. The van der Waals surface area contributed by atoms with E-state index in [9.17, 15) is 4.79 Å². The first kappa shape index (κ1) is 13.0. The van der Waals surface area contributed by atoms with Gasteiger partial charge in [-0.25, -0.2) is 14.8 Å². The average Bonchev–Trinajstić information content (AvgIpc) is 2.65. The quantitative estimate of drug-likeness (QED) is 0.845. The Morgan fingerprint density at radius 1 is 1.61 bits per heavy atom. The highest BCUT2D eigenvalue weighted by molar-refractivity contribution is 7.18. The second-order valence-corrected chi connectivity index (χ2v) is 5.43. The molecule has 18 heavy (non-hydrogen) atoms.